The number of hydrogen-bond acceptors (Lipinski definition) is 6. The van der Waals surface area contributed by atoms with Crippen LogP contribution in [0.5, 0.6) is 0 Å². The first-order valence-corrected chi connectivity index (χ1v) is 8.81. The molecule has 0 N–H and O–H groups in total. The second-order valence-electron chi connectivity index (χ2n) is 6.22. The number of halogens is 1. The fourth-order valence-corrected chi connectivity index (χ4v) is 3.64. The van der Waals surface area contributed by atoms with Crippen molar-refractivity contribution in [1.29, 1.82) is 0 Å². The Hall–Kier alpha value is -1.80. The number of aryl methyl sites for hydroxylation is 1. The summed E-state index contributed by atoms with van der Waals surface area (Å²) in [7, 11) is 1.75. The first-order valence-electron chi connectivity index (χ1n) is 7.93. The van der Waals surface area contributed by atoms with Crippen LogP contribution in [0.3, 0.4) is 0 Å². The molecule has 8 heteroatoms. The monoisotopic (exact) mass is 352 g/mol. The highest BCUT2D eigenvalue weighted by molar-refractivity contribution is 7.09. The van der Waals surface area contributed by atoms with Crippen LogP contribution in [-0.4, -0.2) is 58.2 Å². The number of hydrogen-bond donors (Lipinski definition) is 0. The second-order valence-corrected chi connectivity index (χ2v) is 7.28. The van der Waals surface area contributed by atoms with Gasteiger partial charge in [0, 0.05) is 44.2 Å². The number of likely N-dealkylation sites (N-methyl/N-ethyl adjacent to an activating group) is 1. The van der Waals surface area contributed by atoms with E-state index in [4.69, 9.17) is 4.52 Å². The molecule has 0 bridgehead atoms. The minimum Gasteiger partial charge on any atom is -0.364 e. The summed E-state index contributed by atoms with van der Waals surface area (Å²) in [6.07, 6.45) is 1.24. The van der Waals surface area contributed by atoms with E-state index in [1.165, 1.54) is 6.26 Å². The van der Waals surface area contributed by atoms with Crippen LogP contribution in [0, 0.1) is 6.92 Å². The largest absolute Gasteiger partial charge is 0.364 e. The van der Waals surface area contributed by atoms with Crippen LogP contribution >= 0.6 is 11.3 Å². The Balaban J connectivity index is 1.58. The molecule has 0 spiro atoms. The molecule has 0 radical (unpaired) electrons. The molecular weight excluding hydrogens is 331 g/mol. The summed E-state index contributed by atoms with van der Waals surface area (Å²) in [6, 6.07) is 1.68. The molecule has 0 aromatic carbocycles. The maximum absolute atomic E-state index is 13.9. The molecule has 0 aliphatic carbocycles. The zero-order chi connectivity index (χ0) is 17.1. The van der Waals surface area contributed by atoms with Gasteiger partial charge in [0.2, 0.25) is 5.91 Å². The standard InChI is InChI=1S/C16H21FN4O2S/c1-11-18-14(10-24-11)8-21-7-12(17)5-15(21)9-20(2)16(22)6-13-3-4-23-19-13/h3-4,10,12,15H,5-9H2,1-2H3/t12-,15-/m0/s1. The van der Waals surface area contributed by atoms with Gasteiger partial charge in [0.1, 0.15) is 12.4 Å². The van der Waals surface area contributed by atoms with Crippen molar-refractivity contribution in [2.75, 3.05) is 20.1 Å². The van der Waals surface area contributed by atoms with Crippen molar-refractivity contribution in [3.05, 3.63) is 34.1 Å². The zero-order valence-electron chi connectivity index (χ0n) is 13.8. The maximum Gasteiger partial charge on any atom is 0.228 e. The SMILES string of the molecule is Cc1nc(CN2C[C@@H](F)C[C@H]2CN(C)C(=O)Cc2ccon2)cs1. The summed E-state index contributed by atoms with van der Waals surface area (Å²) in [4.78, 5) is 20.5. The van der Waals surface area contributed by atoms with Crippen LogP contribution in [0.1, 0.15) is 22.8 Å². The molecule has 130 valence electrons. The first kappa shape index (κ1) is 17.0. The van der Waals surface area contributed by atoms with Gasteiger partial charge in [-0.05, 0) is 13.3 Å². The molecule has 24 heavy (non-hydrogen) atoms. The van der Waals surface area contributed by atoms with Crippen molar-refractivity contribution in [2.24, 2.45) is 0 Å². The Bertz CT molecular complexity index is 675. The molecule has 1 amide bonds. The van der Waals surface area contributed by atoms with Crippen LogP contribution in [0.15, 0.2) is 22.2 Å². The van der Waals surface area contributed by atoms with Crippen LogP contribution in [0.25, 0.3) is 0 Å². The molecule has 1 saturated heterocycles. The lowest BCUT2D eigenvalue weighted by molar-refractivity contribution is -0.129. The van der Waals surface area contributed by atoms with Crippen LogP contribution in [0.4, 0.5) is 4.39 Å². The van der Waals surface area contributed by atoms with Gasteiger partial charge in [-0.25, -0.2) is 9.37 Å². The number of alkyl halides is 1. The van der Waals surface area contributed by atoms with Crippen LogP contribution in [0.2, 0.25) is 0 Å². The third-order valence-electron chi connectivity index (χ3n) is 4.24. The fraction of sp³-hybridized carbons (Fsp3) is 0.562. The summed E-state index contributed by atoms with van der Waals surface area (Å²) in [5.74, 6) is -0.0457. The Morgan fingerprint density at radius 3 is 3.04 bits per heavy atom. The number of carbonyl (C=O) groups excluding carboxylic acids is 1. The van der Waals surface area contributed by atoms with Gasteiger partial charge in [0.05, 0.1) is 22.8 Å². The van der Waals surface area contributed by atoms with E-state index in [0.717, 1.165) is 10.7 Å². The van der Waals surface area contributed by atoms with E-state index < -0.39 is 6.17 Å². The predicted octanol–water partition coefficient (Wildman–Crippen LogP) is 2.05. The van der Waals surface area contributed by atoms with Gasteiger partial charge < -0.3 is 9.42 Å². The van der Waals surface area contributed by atoms with Gasteiger partial charge in [-0.15, -0.1) is 11.3 Å². The average molecular weight is 352 g/mol. The third kappa shape index (κ3) is 4.18. The minimum atomic E-state index is -0.853. The van der Waals surface area contributed by atoms with E-state index in [1.807, 2.05) is 12.3 Å². The predicted molar refractivity (Wildman–Crippen MR) is 88.4 cm³/mol. The third-order valence-corrected chi connectivity index (χ3v) is 5.06. The van der Waals surface area contributed by atoms with Gasteiger partial charge in [0.25, 0.3) is 0 Å². The van der Waals surface area contributed by atoms with E-state index in [2.05, 4.69) is 15.0 Å². The lowest BCUT2D eigenvalue weighted by Crippen LogP contribution is -2.41. The lowest BCUT2D eigenvalue weighted by atomic mass is 10.2. The van der Waals surface area contributed by atoms with Crippen LogP contribution < -0.4 is 0 Å². The summed E-state index contributed by atoms with van der Waals surface area (Å²) in [5, 5.41) is 6.78. The van der Waals surface area contributed by atoms with Gasteiger partial charge in [-0.3, -0.25) is 9.69 Å². The molecule has 6 nitrogen and oxygen atoms in total. The molecule has 2 aromatic heterocycles. The number of carbonyl (C=O) groups is 1. The summed E-state index contributed by atoms with van der Waals surface area (Å²) < 4.78 is 18.6. The quantitative estimate of drug-likeness (QED) is 0.796. The number of likely N-dealkylation sites (tertiary alicyclic amines) is 1. The number of amides is 1. The molecule has 0 saturated carbocycles. The molecule has 2 atom stereocenters. The number of rotatable bonds is 6. The Morgan fingerprint density at radius 2 is 2.38 bits per heavy atom. The number of nitrogens with zero attached hydrogens (tertiary/aromatic N) is 4. The molecule has 1 aliphatic rings. The van der Waals surface area contributed by atoms with E-state index in [0.29, 0.717) is 31.7 Å². The van der Waals surface area contributed by atoms with E-state index in [1.54, 1.807) is 29.4 Å². The average Bonchev–Trinajstić information content (AvgIpc) is 3.23. The minimum absolute atomic E-state index is 0.00765. The molecule has 1 aliphatic heterocycles. The molecule has 2 aromatic rings. The van der Waals surface area contributed by atoms with Gasteiger partial charge in [0.15, 0.2) is 0 Å². The van der Waals surface area contributed by atoms with E-state index >= 15 is 0 Å². The van der Waals surface area contributed by atoms with E-state index in [9.17, 15) is 9.18 Å². The summed E-state index contributed by atoms with van der Waals surface area (Å²) in [6.45, 7) is 3.48. The molecular formula is C16H21FN4O2S. The summed E-state index contributed by atoms with van der Waals surface area (Å²) in [5.41, 5.74) is 1.57. The van der Waals surface area contributed by atoms with Gasteiger partial charge in [-0.2, -0.15) is 0 Å². The van der Waals surface area contributed by atoms with Crippen molar-refractivity contribution in [2.45, 2.75) is 38.5 Å². The Labute approximate surface area is 144 Å². The molecule has 1 fully saturated rings. The second kappa shape index (κ2) is 7.40. The lowest BCUT2D eigenvalue weighted by Gasteiger charge is -2.27. The van der Waals surface area contributed by atoms with Gasteiger partial charge in [-0.1, -0.05) is 5.16 Å². The molecule has 0 unspecified atom stereocenters. The zero-order valence-corrected chi connectivity index (χ0v) is 14.6. The Kier molecular flexibility index (Phi) is 5.25. The van der Waals surface area contributed by atoms with Crippen molar-refractivity contribution in [3.8, 4) is 0 Å². The van der Waals surface area contributed by atoms with Crippen LogP contribution in [-0.2, 0) is 17.8 Å². The highest BCUT2D eigenvalue weighted by Crippen LogP contribution is 2.24. The topological polar surface area (TPSA) is 62.5 Å². The first-order chi connectivity index (χ1) is 11.5. The molecule has 3 rings (SSSR count). The van der Waals surface area contributed by atoms with Gasteiger partial charge >= 0.3 is 0 Å². The summed E-state index contributed by atoms with van der Waals surface area (Å²) >= 11 is 1.60. The number of thiazole rings is 1. The highest BCUT2D eigenvalue weighted by atomic mass is 32.1. The van der Waals surface area contributed by atoms with Crippen molar-refractivity contribution in [1.82, 2.24) is 19.9 Å². The smallest absolute Gasteiger partial charge is 0.228 e. The van der Waals surface area contributed by atoms with E-state index in [-0.39, 0.29) is 18.4 Å². The maximum atomic E-state index is 13.9. The molecule has 3 heterocycles. The van der Waals surface area contributed by atoms with Crippen molar-refractivity contribution in [3.63, 3.8) is 0 Å². The Morgan fingerprint density at radius 1 is 1.54 bits per heavy atom. The fourth-order valence-electron chi connectivity index (χ4n) is 3.03. The normalized spacial score (nSPS) is 21.3. The number of aromatic nitrogens is 2. The highest BCUT2D eigenvalue weighted by Gasteiger charge is 2.33. The van der Waals surface area contributed by atoms with Crippen molar-refractivity contribution >= 4 is 17.2 Å². The van der Waals surface area contributed by atoms with Crippen molar-refractivity contribution < 1.29 is 13.7 Å².